The lowest BCUT2D eigenvalue weighted by atomic mass is 10.1. The number of benzene rings is 1. The molecule has 0 saturated carbocycles. The average Bonchev–Trinajstić information content (AvgIpc) is 3.16. The molecule has 0 aliphatic carbocycles. The lowest BCUT2D eigenvalue weighted by Crippen LogP contribution is -2.20. The lowest BCUT2D eigenvalue weighted by Gasteiger charge is -2.14. The zero-order chi connectivity index (χ0) is 14.7. The molecule has 0 spiro atoms. The molecule has 1 aliphatic heterocycles. The Bertz CT molecular complexity index is 623. The largest absolute Gasteiger partial charge is 0.466 e. The van der Waals surface area contributed by atoms with Gasteiger partial charge < -0.3 is 9.64 Å². The molecule has 2 heterocycles. The van der Waals surface area contributed by atoms with Gasteiger partial charge in [-0.2, -0.15) is 4.37 Å². The Balaban J connectivity index is 1.63. The monoisotopic (exact) mass is 323 g/mol. The Morgan fingerprint density at radius 1 is 1.24 bits per heavy atom. The van der Waals surface area contributed by atoms with Crippen LogP contribution >= 0.6 is 23.3 Å². The lowest BCUT2D eigenvalue weighted by molar-refractivity contribution is 0.0919. The first-order valence-electron chi connectivity index (χ1n) is 6.73. The van der Waals surface area contributed by atoms with Crippen LogP contribution in [0.4, 0.5) is 5.82 Å². The van der Waals surface area contributed by atoms with E-state index in [1.807, 2.05) is 0 Å². The molecule has 1 saturated heterocycles. The molecule has 0 amide bonds. The van der Waals surface area contributed by atoms with Crippen LogP contribution in [0.3, 0.4) is 0 Å². The van der Waals surface area contributed by atoms with Crippen molar-refractivity contribution in [3.63, 3.8) is 0 Å². The minimum Gasteiger partial charge on any atom is -0.466 e. The highest BCUT2D eigenvalue weighted by Gasteiger charge is 2.21. The average molecular weight is 324 g/mol. The SMILES string of the molecule is O=C(COc1nsnc1N1CCCC1)c1ccc(Cl)cc1. The Hall–Kier alpha value is -1.66. The third kappa shape index (κ3) is 3.33. The van der Waals surface area contributed by atoms with Gasteiger partial charge in [0.05, 0.1) is 11.7 Å². The van der Waals surface area contributed by atoms with Gasteiger partial charge in [-0.3, -0.25) is 4.79 Å². The molecule has 5 nitrogen and oxygen atoms in total. The number of nitrogens with zero attached hydrogens (tertiary/aromatic N) is 3. The van der Waals surface area contributed by atoms with Crippen LogP contribution in [0.1, 0.15) is 23.2 Å². The summed E-state index contributed by atoms with van der Waals surface area (Å²) in [6.07, 6.45) is 2.31. The first-order valence-corrected chi connectivity index (χ1v) is 7.84. The van der Waals surface area contributed by atoms with Crippen LogP contribution in [0.15, 0.2) is 24.3 Å². The fourth-order valence-corrected chi connectivity index (χ4v) is 2.89. The van der Waals surface area contributed by atoms with E-state index in [1.165, 1.54) is 0 Å². The summed E-state index contributed by atoms with van der Waals surface area (Å²) in [5.74, 6) is 1.10. The van der Waals surface area contributed by atoms with Gasteiger partial charge >= 0.3 is 0 Å². The molecule has 0 unspecified atom stereocenters. The summed E-state index contributed by atoms with van der Waals surface area (Å²) in [5.41, 5.74) is 0.574. The maximum atomic E-state index is 12.1. The number of rotatable bonds is 5. The van der Waals surface area contributed by atoms with Crippen molar-refractivity contribution < 1.29 is 9.53 Å². The Morgan fingerprint density at radius 2 is 1.95 bits per heavy atom. The van der Waals surface area contributed by atoms with Crippen molar-refractivity contribution in [1.29, 1.82) is 0 Å². The molecular weight excluding hydrogens is 310 g/mol. The highest BCUT2D eigenvalue weighted by molar-refractivity contribution is 6.99. The summed E-state index contributed by atoms with van der Waals surface area (Å²) in [7, 11) is 0. The molecule has 110 valence electrons. The number of ketones is 1. The maximum Gasteiger partial charge on any atom is 0.271 e. The third-order valence-corrected chi connectivity index (χ3v) is 4.11. The Kier molecular flexibility index (Phi) is 4.36. The number of Topliss-reactive ketones (excluding diaryl/α,β-unsaturated/α-hetero) is 1. The molecule has 1 fully saturated rings. The molecule has 0 N–H and O–H groups in total. The van der Waals surface area contributed by atoms with Crippen molar-refractivity contribution in [2.24, 2.45) is 0 Å². The van der Waals surface area contributed by atoms with Crippen LogP contribution in [-0.2, 0) is 0 Å². The van der Waals surface area contributed by atoms with Crippen LogP contribution in [0, 0.1) is 0 Å². The minimum absolute atomic E-state index is 0.0477. The van der Waals surface area contributed by atoms with Crippen molar-refractivity contribution in [3.8, 4) is 5.88 Å². The van der Waals surface area contributed by atoms with E-state index < -0.39 is 0 Å². The predicted molar refractivity (Wildman–Crippen MR) is 82.6 cm³/mol. The molecular formula is C14H14ClN3O2S. The quantitative estimate of drug-likeness (QED) is 0.792. The predicted octanol–water partition coefficient (Wildman–Crippen LogP) is 3.05. The number of anilines is 1. The van der Waals surface area contributed by atoms with Crippen molar-refractivity contribution in [1.82, 2.24) is 8.75 Å². The molecule has 2 aromatic rings. The van der Waals surface area contributed by atoms with Gasteiger partial charge in [-0.1, -0.05) is 11.6 Å². The summed E-state index contributed by atoms with van der Waals surface area (Å²) in [5, 5.41) is 0.604. The zero-order valence-corrected chi connectivity index (χ0v) is 12.9. The van der Waals surface area contributed by atoms with E-state index >= 15 is 0 Å². The molecule has 1 aromatic heterocycles. The number of carbonyl (C=O) groups excluding carboxylic acids is 1. The first kappa shape index (κ1) is 14.3. The van der Waals surface area contributed by atoms with Gasteiger partial charge in [0, 0.05) is 23.7 Å². The molecule has 0 radical (unpaired) electrons. The smallest absolute Gasteiger partial charge is 0.271 e. The van der Waals surface area contributed by atoms with E-state index in [4.69, 9.17) is 16.3 Å². The number of halogens is 1. The van der Waals surface area contributed by atoms with Crippen molar-refractivity contribution in [3.05, 3.63) is 34.9 Å². The van der Waals surface area contributed by atoms with Crippen LogP contribution in [0.2, 0.25) is 5.02 Å². The van der Waals surface area contributed by atoms with Gasteiger partial charge in [0.25, 0.3) is 5.88 Å². The summed E-state index contributed by atoms with van der Waals surface area (Å²) < 4.78 is 13.9. The fraction of sp³-hybridized carbons (Fsp3) is 0.357. The normalized spacial score (nSPS) is 14.4. The molecule has 3 rings (SSSR count). The zero-order valence-electron chi connectivity index (χ0n) is 11.3. The molecule has 1 aromatic carbocycles. The van der Waals surface area contributed by atoms with E-state index in [0.29, 0.717) is 16.5 Å². The second kappa shape index (κ2) is 6.41. The van der Waals surface area contributed by atoms with Crippen LogP contribution in [0.5, 0.6) is 5.88 Å². The van der Waals surface area contributed by atoms with Crippen molar-refractivity contribution in [2.75, 3.05) is 24.6 Å². The topological polar surface area (TPSA) is 55.3 Å². The first-order chi connectivity index (χ1) is 10.2. The fourth-order valence-electron chi connectivity index (χ4n) is 2.24. The van der Waals surface area contributed by atoms with E-state index in [-0.39, 0.29) is 12.4 Å². The second-order valence-corrected chi connectivity index (χ2v) is 5.77. The van der Waals surface area contributed by atoms with Gasteiger partial charge in [-0.05, 0) is 37.1 Å². The van der Waals surface area contributed by atoms with Crippen LogP contribution < -0.4 is 9.64 Å². The van der Waals surface area contributed by atoms with Gasteiger partial charge in [0.2, 0.25) is 5.82 Å². The minimum atomic E-state index is -0.105. The van der Waals surface area contributed by atoms with Gasteiger partial charge in [-0.15, -0.1) is 4.37 Å². The number of ether oxygens (including phenoxy) is 1. The number of aromatic nitrogens is 2. The number of carbonyl (C=O) groups is 1. The highest BCUT2D eigenvalue weighted by Crippen LogP contribution is 2.28. The van der Waals surface area contributed by atoms with Gasteiger partial charge in [0.15, 0.2) is 12.4 Å². The molecule has 7 heteroatoms. The van der Waals surface area contributed by atoms with Gasteiger partial charge in [0.1, 0.15) is 0 Å². The third-order valence-electron chi connectivity index (χ3n) is 3.35. The van der Waals surface area contributed by atoms with Crippen LogP contribution in [-0.4, -0.2) is 34.2 Å². The molecule has 0 bridgehead atoms. The van der Waals surface area contributed by atoms with Gasteiger partial charge in [-0.25, -0.2) is 0 Å². The standard InChI is InChI=1S/C14H14ClN3O2S/c15-11-5-3-10(4-6-11)12(19)9-20-14-13(16-21-17-14)18-7-1-2-8-18/h3-6H,1-2,7-9H2. The van der Waals surface area contributed by atoms with Crippen LogP contribution in [0.25, 0.3) is 0 Å². The van der Waals surface area contributed by atoms with E-state index in [9.17, 15) is 4.79 Å². The van der Waals surface area contributed by atoms with E-state index in [1.54, 1.807) is 24.3 Å². The number of hydrogen-bond acceptors (Lipinski definition) is 6. The van der Waals surface area contributed by atoms with E-state index in [0.717, 1.165) is 43.5 Å². The maximum absolute atomic E-state index is 12.1. The number of hydrogen-bond donors (Lipinski definition) is 0. The second-order valence-electron chi connectivity index (χ2n) is 4.81. The summed E-state index contributed by atoms with van der Waals surface area (Å²) >= 11 is 6.91. The summed E-state index contributed by atoms with van der Waals surface area (Å²) in [4.78, 5) is 14.2. The molecule has 21 heavy (non-hydrogen) atoms. The van der Waals surface area contributed by atoms with Crippen molar-refractivity contribution in [2.45, 2.75) is 12.8 Å². The Labute approximate surface area is 131 Å². The van der Waals surface area contributed by atoms with E-state index in [2.05, 4.69) is 13.6 Å². The summed E-state index contributed by atoms with van der Waals surface area (Å²) in [6, 6.07) is 6.76. The molecule has 1 aliphatic rings. The highest BCUT2D eigenvalue weighted by atomic mass is 35.5. The Morgan fingerprint density at radius 3 is 2.67 bits per heavy atom. The van der Waals surface area contributed by atoms with Crippen molar-refractivity contribution >= 4 is 34.9 Å². The summed E-state index contributed by atoms with van der Waals surface area (Å²) in [6.45, 7) is 1.88. The molecule has 0 atom stereocenters.